The fourth-order valence-corrected chi connectivity index (χ4v) is 4.07. The van der Waals surface area contributed by atoms with Gasteiger partial charge < -0.3 is 24.3 Å². The molecule has 1 aromatic heterocycles. The van der Waals surface area contributed by atoms with Gasteiger partial charge in [0.1, 0.15) is 5.58 Å². The second kappa shape index (κ2) is 9.89. The molecule has 1 N–H and O–H groups in total. The normalized spacial score (nSPS) is 13.6. The zero-order chi connectivity index (χ0) is 24.2. The van der Waals surface area contributed by atoms with Gasteiger partial charge in [0.15, 0.2) is 23.9 Å². The number of fused-ring (bicyclic) bond motifs is 1. The van der Waals surface area contributed by atoms with Crippen LogP contribution in [0, 0.1) is 5.82 Å². The van der Waals surface area contributed by atoms with Crippen LogP contribution in [0.25, 0.3) is 11.0 Å². The van der Waals surface area contributed by atoms with E-state index in [1.54, 1.807) is 23.1 Å². The Hall–Kier alpha value is -4.33. The van der Waals surface area contributed by atoms with Crippen molar-refractivity contribution >= 4 is 34.2 Å². The Bertz CT molecular complexity index is 1310. The van der Waals surface area contributed by atoms with E-state index in [0.29, 0.717) is 43.2 Å². The molecule has 0 saturated carbocycles. The SMILES string of the molecule is O=C(COc1ccccc1F)Nc1ccc(N2CCN(C(=O)c3cc4ccccc4o3)CC2)cc1. The van der Waals surface area contributed by atoms with Gasteiger partial charge in [-0.3, -0.25) is 9.59 Å². The third kappa shape index (κ3) is 5.11. The number of piperazine rings is 1. The minimum Gasteiger partial charge on any atom is -0.481 e. The number of amides is 2. The molecular weight excluding hydrogens is 449 g/mol. The Balaban J connectivity index is 1.12. The molecule has 8 heteroatoms. The lowest BCUT2D eigenvalue weighted by molar-refractivity contribution is -0.118. The summed E-state index contributed by atoms with van der Waals surface area (Å²) in [4.78, 5) is 29.0. The minimum absolute atomic E-state index is 0.0379. The number of nitrogens with zero attached hydrogens (tertiary/aromatic N) is 2. The van der Waals surface area contributed by atoms with Crippen LogP contribution in [0.4, 0.5) is 15.8 Å². The summed E-state index contributed by atoms with van der Waals surface area (Å²) in [5.41, 5.74) is 2.33. The van der Waals surface area contributed by atoms with Crippen LogP contribution in [0.1, 0.15) is 10.6 Å². The highest BCUT2D eigenvalue weighted by molar-refractivity contribution is 5.96. The fraction of sp³-hybridized carbons (Fsp3) is 0.185. The maximum Gasteiger partial charge on any atom is 0.289 e. The Morgan fingerprint density at radius 2 is 1.63 bits per heavy atom. The molecule has 5 rings (SSSR count). The Labute approximate surface area is 201 Å². The average Bonchev–Trinajstić information content (AvgIpc) is 3.33. The summed E-state index contributed by atoms with van der Waals surface area (Å²) in [6.07, 6.45) is 0. The van der Waals surface area contributed by atoms with E-state index >= 15 is 0 Å². The van der Waals surface area contributed by atoms with Crippen molar-refractivity contribution in [3.63, 3.8) is 0 Å². The van der Waals surface area contributed by atoms with Crippen molar-refractivity contribution < 1.29 is 23.1 Å². The van der Waals surface area contributed by atoms with E-state index in [4.69, 9.17) is 9.15 Å². The molecule has 1 fully saturated rings. The number of carbonyl (C=O) groups is 2. The number of hydrogen-bond donors (Lipinski definition) is 1. The number of benzene rings is 3. The summed E-state index contributed by atoms with van der Waals surface area (Å²) in [5.74, 6) is -0.589. The Morgan fingerprint density at radius 1 is 0.914 bits per heavy atom. The summed E-state index contributed by atoms with van der Waals surface area (Å²) in [6.45, 7) is 2.26. The molecule has 3 aromatic carbocycles. The van der Waals surface area contributed by atoms with Crippen molar-refractivity contribution in [2.75, 3.05) is 43.0 Å². The minimum atomic E-state index is -0.510. The lowest BCUT2D eigenvalue weighted by Crippen LogP contribution is -2.48. The van der Waals surface area contributed by atoms with Crippen LogP contribution in [-0.2, 0) is 4.79 Å². The molecule has 2 amide bonds. The van der Waals surface area contributed by atoms with E-state index in [0.717, 1.165) is 11.1 Å². The first kappa shape index (κ1) is 22.5. The predicted octanol–water partition coefficient (Wildman–Crippen LogP) is 4.55. The van der Waals surface area contributed by atoms with Gasteiger partial charge in [-0.1, -0.05) is 30.3 Å². The zero-order valence-corrected chi connectivity index (χ0v) is 18.9. The average molecular weight is 474 g/mol. The third-order valence-corrected chi connectivity index (χ3v) is 5.91. The first-order valence-corrected chi connectivity index (χ1v) is 11.4. The zero-order valence-electron chi connectivity index (χ0n) is 18.9. The van der Waals surface area contributed by atoms with Crippen LogP contribution in [-0.4, -0.2) is 49.5 Å². The summed E-state index contributed by atoms with van der Waals surface area (Å²) in [5, 5.41) is 3.66. The first-order chi connectivity index (χ1) is 17.1. The maximum absolute atomic E-state index is 13.6. The molecule has 4 aromatic rings. The Morgan fingerprint density at radius 3 is 2.37 bits per heavy atom. The highest BCUT2D eigenvalue weighted by Crippen LogP contribution is 2.23. The van der Waals surface area contributed by atoms with Crippen molar-refractivity contribution in [3.8, 4) is 5.75 Å². The van der Waals surface area contributed by atoms with E-state index in [-0.39, 0.29) is 24.2 Å². The molecule has 0 radical (unpaired) electrons. The van der Waals surface area contributed by atoms with Gasteiger partial charge in [0.2, 0.25) is 0 Å². The number of carbonyl (C=O) groups excluding carboxylic acids is 2. The van der Waals surface area contributed by atoms with Gasteiger partial charge in [0.25, 0.3) is 11.8 Å². The summed E-state index contributed by atoms with van der Waals surface area (Å²) >= 11 is 0. The first-order valence-electron chi connectivity index (χ1n) is 11.4. The Kier molecular flexibility index (Phi) is 6.34. The standard InChI is InChI=1S/C27H24FN3O4/c28-22-6-2-4-8-24(22)34-18-26(32)29-20-9-11-21(12-10-20)30-13-15-31(16-14-30)27(33)25-17-19-5-1-3-7-23(19)35-25/h1-12,17H,13-16,18H2,(H,29,32). The highest BCUT2D eigenvalue weighted by atomic mass is 19.1. The molecule has 0 unspecified atom stereocenters. The number of furan rings is 1. The summed E-state index contributed by atoms with van der Waals surface area (Å²) in [7, 11) is 0. The largest absolute Gasteiger partial charge is 0.481 e. The summed E-state index contributed by atoms with van der Waals surface area (Å²) in [6, 6.07) is 22.8. The van der Waals surface area contributed by atoms with Gasteiger partial charge in [0.05, 0.1) is 0 Å². The van der Waals surface area contributed by atoms with Crippen molar-refractivity contribution in [3.05, 3.63) is 90.4 Å². The number of anilines is 2. The molecule has 1 saturated heterocycles. The maximum atomic E-state index is 13.6. The number of rotatable bonds is 6. The number of halogens is 1. The van der Waals surface area contributed by atoms with Crippen LogP contribution >= 0.6 is 0 Å². The molecule has 7 nitrogen and oxygen atoms in total. The monoisotopic (exact) mass is 473 g/mol. The molecule has 1 aliphatic heterocycles. The number of ether oxygens (including phenoxy) is 1. The van der Waals surface area contributed by atoms with Gasteiger partial charge in [-0.2, -0.15) is 0 Å². The highest BCUT2D eigenvalue weighted by Gasteiger charge is 2.24. The van der Waals surface area contributed by atoms with Gasteiger partial charge >= 0.3 is 0 Å². The molecular formula is C27H24FN3O4. The molecule has 35 heavy (non-hydrogen) atoms. The molecule has 178 valence electrons. The van der Waals surface area contributed by atoms with E-state index in [1.165, 1.54) is 12.1 Å². The van der Waals surface area contributed by atoms with Crippen LogP contribution < -0.4 is 15.0 Å². The topological polar surface area (TPSA) is 75.0 Å². The van der Waals surface area contributed by atoms with E-state index < -0.39 is 5.82 Å². The third-order valence-electron chi connectivity index (χ3n) is 5.91. The van der Waals surface area contributed by atoms with Crippen LogP contribution in [0.2, 0.25) is 0 Å². The number of para-hydroxylation sites is 2. The van der Waals surface area contributed by atoms with Crippen molar-refractivity contribution in [2.24, 2.45) is 0 Å². The number of nitrogens with one attached hydrogen (secondary N) is 1. The van der Waals surface area contributed by atoms with Gasteiger partial charge in [-0.05, 0) is 48.5 Å². The second-order valence-corrected chi connectivity index (χ2v) is 8.24. The molecule has 2 heterocycles. The van der Waals surface area contributed by atoms with Crippen LogP contribution in [0.5, 0.6) is 5.75 Å². The lowest BCUT2D eigenvalue weighted by Gasteiger charge is -2.35. The van der Waals surface area contributed by atoms with E-state index in [1.807, 2.05) is 48.5 Å². The van der Waals surface area contributed by atoms with Crippen molar-refractivity contribution in [1.82, 2.24) is 4.90 Å². The second-order valence-electron chi connectivity index (χ2n) is 8.24. The predicted molar refractivity (Wildman–Crippen MR) is 131 cm³/mol. The van der Waals surface area contributed by atoms with Gasteiger partial charge in [-0.25, -0.2) is 4.39 Å². The molecule has 0 spiro atoms. The number of hydrogen-bond acceptors (Lipinski definition) is 5. The van der Waals surface area contributed by atoms with Gasteiger partial charge in [-0.15, -0.1) is 0 Å². The molecule has 0 atom stereocenters. The smallest absolute Gasteiger partial charge is 0.289 e. The quantitative estimate of drug-likeness (QED) is 0.445. The van der Waals surface area contributed by atoms with E-state index in [9.17, 15) is 14.0 Å². The lowest BCUT2D eigenvalue weighted by atomic mass is 10.2. The van der Waals surface area contributed by atoms with Crippen molar-refractivity contribution in [1.29, 1.82) is 0 Å². The molecule has 1 aliphatic rings. The van der Waals surface area contributed by atoms with Gasteiger partial charge in [0, 0.05) is 42.9 Å². The van der Waals surface area contributed by atoms with Crippen LogP contribution in [0.3, 0.4) is 0 Å². The molecule has 0 aliphatic carbocycles. The molecule has 0 bridgehead atoms. The fourth-order valence-electron chi connectivity index (χ4n) is 4.07. The van der Waals surface area contributed by atoms with Crippen LogP contribution in [0.15, 0.2) is 83.3 Å². The van der Waals surface area contributed by atoms with Crippen molar-refractivity contribution in [2.45, 2.75) is 0 Å². The summed E-state index contributed by atoms with van der Waals surface area (Å²) < 4.78 is 24.6. The van der Waals surface area contributed by atoms with E-state index in [2.05, 4.69) is 10.2 Å².